The minimum atomic E-state index is 1.10. The third-order valence-electron chi connectivity index (χ3n) is 4.43. The first-order chi connectivity index (χ1) is 9.90. The third kappa shape index (κ3) is 1.25. The van der Waals surface area contributed by atoms with Crippen LogP contribution in [0.1, 0.15) is 18.4 Å². The number of para-hydroxylation sites is 1. The monoisotopic (exact) mass is 255 g/mol. The van der Waals surface area contributed by atoms with E-state index >= 15 is 0 Å². The maximum Gasteiger partial charge on any atom is 0.0722 e. The molecule has 0 radical (unpaired) electrons. The summed E-state index contributed by atoms with van der Waals surface area (Å²) in [5.41, 5.74) is 7.88. The molecule has 5 rings (SSSR count). The van der Waals surface area contributed by atoms with Crippen LogP contribution in [0.15, 0.2) is 59.1 Å². The Morgan fingerprint density at radius 2 is 1.90 bits per heavy atom. The lowest BCUT2D eigenvalue weighted by Gasteiger charge is -2.08. The molecule has 2 aliphatic carbocycles. The summed E-state index contributed by atoms with van der Waals surface area (Å²) in [6.45, 7) is 0. The highest BCUT2D eigenvalue weighted by Gasteiger charge is 2.19. The second-order valence-corrected chi connectivity index (χ2v) is 5.61. The van der Waals surface area contributed by atoms with Crippen LogP contribution in [0.2, 0.25) is 0 Å². The molecule has 0 saturated heterocycles. The van der Waals surface area contributed by atoms with Gasteiger partial charge in [-0.2, -0.15) is 0 Å². The van der Waals surface area contributed by atoms with Gasteiger partial charge in [0.15, 0.2) is 0 Å². The Kier molecular flexibility index (Phi) is 1.86. The van der Waals surface area contributed by atoms with E-state index < -0.39 is 0 Å². The molecule has 3 aliphatic rings. The van der Waals surface area contributed by atoms with Crippen molar-refractivity contribution in [1.29, 1.82) is 0 Å². The van der Waals surface area contributed by atoms with E-state index in [9.17, 15) is 0 Å². The smallest absolute Gasteiger partial charge is 0.0722 e. The van der Waals surface area contributed by atoms with Gasteiger partial charge < -0.3 is 0 Å². The van der Waals surface area contributed by atoms with Gasteiger partial charge in [0.2, 0.25) is 0 Å². The molecule has 20 heavy (non-hydrogen) atoms. The highest BCUT2D eigenvalue weighted by atomic mass is 14.8. The van der Waals surface area contributed by atoms with Gasteiger partial charge in [-0.3, -0.25) is 0 Å². The van der Waals surface area contributed by atoms with Crippen LogP contribution < -0.4 is 10.6 Å². The van der Waals surface area contributed by atoms with Crippen molar-refractivity contribution in [1.82, 2.24) is 0 Å². The fraction of sp³-hybridized carbons (Fsp3) is 0.105. The molecular weight excluding hydrogens is 242 g/mol. The Bertz CT molecular complexity index is 942. The highest BCUT2D eigenvalue weighted by Crippen LogP contribution is 2.34. The second-order valence-electron chi connectivity index (χ2n) is 5.61. The Hall–Kier alpha value is -2.41. The van der Waals surface area contributed by atoms with Crippen molar-refractivity contribution >= 4 is 17.3 Å². The normalized spacial score (nSPS) is 17.0. The molecule has 94 valence electrons. The van der Waals surface area contributed by atoms with Gasteiger partial charge in [-0.25, -0.2) is 4.99 Å². The van der Waals surface area contributed by atoms with E-state index in [1.165, 1.54) is 39.5 Å². The average molecular weight is 255 g/mol. The van der Waals surface area contributed by atoms with Gasteiger partial charge in [-0.15, -0.1) is 0 Å². The zero-order valence-corrected chi connectivity index (χ0v) is 11.1. The molecule has 2 aromatic carbocycles. The highest BCUT2D eigenvalue weighted by molar-refractivity contribution is 5.91. The van der Waals surface area contributed by atoms with Crippen LogP contribution in [0.25, 0.3) is 22.8 Å². The third-order valence-corrected chi connectivity index (χ3v) is 4.43. The summed E-state index contributed by atoms with van der Waals surface area (Å²) in [5.74, 6) is 0. The van der Waals surface area contributed by atoms with E-state index in [0.29, 0.717) is 0 Å². The molecule has 0 saturated carbocycles. The molecule has 1 aliphatic heterocycles. The first-order valence-corrected chi connectivity index (χ1v) is 7.14. The molecule has 1 nitrogen and oxygen atoms in total. The predicted molar refractivity (Wildman–Crippen MR) is 82.1 cm³/mol. The zero-order chi connectivity index (χ0) is 13.1. The van der Waals surface area contributed by atoms with Crippen molar-refractivity contribution in [2.45, 2.75) is 12.8 Å². The summed E-state index contributed by atoms with van der Waals surface area (Å²) < 4.78 is 0. The number of nitrogens with zero attached hydrogens (tertiary/aromatic N) is 1. The fourth-order valence-corrected chi connectivity index (χ4v) is 3.48. The second kappa shape index (κ2) is 3.57. The van der Waals surface area contributed by atoms with E-state index in [1.807, 2.05) is 0 Å². The van der Waals surface area contributed by atoms with Crippen LogP contribution in [0.3, 0.4) is 0 Å². The molecule has 0 N–H and O–H groups in total. The lowest BCUT2D eigenvalue weighted by atomic mass is 9.96. The topological polar surface area (TPSA) is 12.4 Å². The number of rotatable bonds is 0. The van der Waals surface area contributed by atoms with Crippen molar-refractivity contribution in [2.75, 3.05) is 0 Å². The molecule has 2 aromatic rings. The Balaban J connectivity index is 1.82. The number of fused-ring (bicyclic) bond motifs is 5. The van der Waals surface area contributed by atoms with Gasteiger partial charge in [0.05, 0.1) is 11.0 Å². The summed E-state index contributed by atoms with van der Waals surface area (Å²) in [4.78, 5) is 4.77. The molecule has 0 fully saturated rings. The molecule has 0 bridgehead atoms. The Morgan fingerprint density at radius 3 is 2.90 bits per heavy atom. The minimum absolute atomic E-state index is 1.10. The maximum absolute atomic E-state index is 4.77. The van der Waals surface area contributed by atoms with Crippen LogP contribution >= 0.6 is 0 Å². The number of hydrogen-bond acceptors (Lipinski definition) is 1. The van der Waals surface area contributed by atoms with Gasteiger partial charge in [-0.05, 0) is 53.0 Å². The largest absolute Gasteiger partial charge is 0.248 e. The van der Waals surface area contributed by atoms with Crippen molar-refractivity contribution < 1.29 is 0 Å². The molecule has 0 spiro atoms. The Labute approximate surface area is 117 Å². The van der Waals surface area contributed by atoms with E-state index in [2.05, 4.69) is 54.6 Å². The molecule has 0 atom stereocenters. The Morgan fingerprint density at radius 1 is 0.950 bits per heavy atom. The van der Waals surface area contributed by atoms with Gasteiger partial charge in [0.1, 0.15) is 0 Å². The molecule has 1 heteroatoms. The quantitative estimate of drug-likeness (QED) is 0.583. The van der Waals surface area contributed by atoms with Crippen LogP contribution in [0.4, 0.5) is 5.69 Å². The average Bonchev–Trinajstić information content (AvgIpc) is 3.02. The first-order valence-electron chi connectivity index (χ1n) is 7.14. The van der Waals surface area contributed by atoms with Gasteiger partial charge in [0.25, 0.3) is 0 Å². The van der Waals surface area contributed by atoms with Crippen molar-refractivity contribution in [3.8, 4) is 11.1 Å². The molecule has 1 heterocycles. The summed E-state index contributed by atoms with van der Waals surface area (Å²) in [6, 6.07) is 13.0. The molecular formula is C19H13N. The first kappa shape index (κ1) is 10.4. The predicted octanol–water partition coefficient (Wildman–Crippen LogP) is 3.52. The standard InChI is InChI=1S/C19H13N/c1-2-6-14-12(5-1)9-13-10-17-15-7-3-4-8-18(15)20-19(17)11-16(13)14/h2-4,6-11H,1,5H2. The lowest BCUT2D eigenvalue weighted by molar-refractivity contribution is 1.01. The molecule has 0 aromatic heterocycles. The minimum Gasteiger partial charge on any atom is -0.248 e. The molecule has 0 unspecified atom stereocenters. The molecule has 0 amide bonds. The van der Waals surface area contributed by atoms with Crippen molar-refractivity contribution in [2.24, 2.45) is 4.99 Å². The van der Waals surface area contributed by atoms with Crippen LogP contribution in [0, 0.1) is 0 Å². The summed E-state index contributed by atoms with van der Waals surface area (Å²) in [6.07, 6.45) is 9.24. The van der Waals surface area contributed by atoms with Gasteiger partial charge >= 0.3 is 0 Å². The number of allylic oxidation sites excluding steroid dienone is 4. The number of benzene rings is 2. The number of hydrogen-bond donors (Lipinski definition) is 0. The lowest BCUT2D eigenvalue weighted by Crippen LogP contribution is -2.13. The zero-order valence-electron chi connectivity index (χ0n) is 11.1. The SMILES string of the molecule is C1=CC2=C(C=c3cc4c(cc32)=Nc2ccccc2-4)CC1. The van der Waals surface area contributed by atoms with E-state index in [1.54, 1.807) is 0 Å². The fourth-order valence-electron chi connectivity index (χ4n) is 3.48. The van der Waals surface area contributed by atoms with Crippen molar-refractivity contribution in [3.63, 3.8) is 0 Å². The van der Waals surface area contributed by atoms with E-state index in [4.69, 9.17) is 4.99 Å². The van der Waals surface area contributed by atoms with E-state index in [-0.39, 0.29) is 0 Å². The van der Waals surface area contributed by atoms with Crippen LogP contribution in [0.5, 0.6) is 0 Å². The van der Waals surface area contributed by atoms with E-state index in [0.717, 1.165) is 17.5 Å². The van der Waals surface area contributed by atoms with Gasteiger partial charge in [-0.1, -0.05) is 36.4 Å². The van der Waals surface area contributed by atoms with Crippen LogP contribution in [-0.4, -0.2) is 0 Å². The van der Waals surface area contributed by atoms with Gasteiger partial charge in [0, 0.05) is 11.1 Å². The van der Waals surface area contributed by atoms with Crippen molar-refractivity contribution in [3.05, 3.63) is 70.3 Å². The maximum atomic E-state index is 4.77. The summed E-state index contributed by atoms with van der Waals surface area (Å²) in [7, 11) is 0. The summed E-state index contributed by atoms with van der Waals surface area (Å²) >= 11 is 0. The van der Waals surface area contributed by atoms with Crippen LogP contribution in [-0.2, 0) is 0 Å². The summed E-state index contributed by atoms with van der Waals surface area (Å²) in [5, 5.41) is 2.47.